The molecule has 1 amide bonds. The number of ketones is 1. The van der Waals surface area contributed by atoms with E-state index in [0.29, 0.717) is 22.5 Å². The fourth-order valence-electron chi connectivity index (χ4n) is 5.10. The molecule has 2 heterocycles. The highest BCUT2D eigenvalue weighted by molar-refractivity contribution is 6.10. The van der Waals surface area contributed by atoms with Crippen LogP contribution in [0.4, 0.5) is 26.0 Å². The Kier molecular flexibility index (Phi) is 5.00. The van der Waals surface area contributed by atoms with Crippen molar-refractivity contribution in [1.29, 1.82) is 0 Å². The van der Waals surface area contributed by atoms with Gasteiger partial charge in [-0.3, -0.25) is 9.59 Å². The lowest BCUT2D eigenvalue weighted by Gasteiger charge is -2.18. The van der Waals surface area contributed by atoms with E-state index in [4.69, 9.17) is 0 Å². The molecule has 2 atom stereocenters. The van der Waals surface area contributed by atoms with Gasteiger partial charge in [0.15, 0.2) is 5.78 Å². The van der Waals surface area contributed by atoms with E-state index in [1.165, 1.54) is 12.3 Å². The normalized spacial score (nSPS) is 19.9. The molecule has 2 aromatic heterocycles. The third-order valence-corrected chi connectivity index (χ3v) is 7.10. The van der Waals surface area contributed by atoms with Crippen LogP contribution in [-0.4, -0.2) is 21.7 Å². The molecule has 0 spiro atoms. The van der Waals surface area contributed by atoms with Crippen LogP contribution in [0, 0.1) is 23.0 Å². The molecule has 3 N–H and O–H groups in total. The van der Waals surface area contributed by atoms with Gasteiger partial charge in [-0.1, -0.05) is 31.2 Å². The minimum atomic E-state index is -0.958. The summed E-state index contributed by atoms with van der Waals surface area (Å²) in [5.41, 5.74) is 3.67. The number of pyridine rings is 1. The van der Waals surface area contributed by atoms with E-state index in [-0.39, 0.29) is 22.9 Å². The van der Waals surface area contributed by atoms with Crippen LogP contribution in [0.25, 0.3) is 11.3 Å². The Morgan fingerprint density at radius 1 is 1.08 bits per heavy atom. The van der Waals surface area contributed by atoms with Gasteiger partial charge in [0.1, 0.15) is 23.0 Å². The Labute approximate surface area is 205 Å². The molecule has 36 heavy (non-hydrogen) atoms. The zero-order valence-electron chi connectivity index (χ0n) is 19.4. The molecule has 6 rings (SSSR count). The minimum absolute atomic E-state index is 0.0164. The number of carbonyl (C=O) groups excluding carboxylic acids is 2. The van der Waals surface area contributed by atoms with Crippen molar-refractivity contribution in [3.63, 3.8) is 0 Å². The summed E-state index contributed by atoms with van der Waals surface area (Å²) in [6.45, 7) is 2.13. The highest BCUT2D eigenvalue weighted by Gasteiger charge is 2.58. The van der Waals surface area contributed by atoms with Gasteiger partial charge >= 0.3 is 0 Å². The maximum absolute atomic E-state index is 14.1. The van der Waals surface area contributed by atoms with Crippen molar-refractivity contribution in [1.82, 2.24) is 9.97 Å². The number of nitrogens with one attached hydrogen (secondary N) is 3. The second-order valence-corrected chi connectivity index (χ2v) is 9.65. The largest absolute Gasteiger partial charge is 0.356 e. The molecule has 1 saturated carbocycles. The predicted octanol–water partition coefficient (Wildman–Crippen LogP) is 6.12. The Morgan fingerprint density at radius 3 is 2.58 bits per heavy atom. The molecule has 0 unspecified atom stereocenters. The number of aromatic amines is 1. The van der Waals surface area contributed by atoms with E-state index >= 15 is 0 Å². The smallest absolute Gasteiger partial charge is 0.262 e. The number of nitrogens with zero attached hydrogens (tertiary/aromatic N) is 1. The molecule has 180 valence electrons. The average Bonchev–Trinajstić information content (AvgIpc) is 3.42. The minimum Gasteiger partial charge on any atom is -0.356 e. The summed E-state index contributed by atoms with van der Waals surface area (Å²) in [4.78, 5) is 33.5. The molecule has 0 bridgehead atoms. The summed E-state index contributed by atoms with van der Waals surface area (Å²) in [7, 11) is 0. The van der Waals surface area contributed by atoms with Gasteiger partial charge in [0, 0.05) is 29.1 Å². The summed E-state index contributed by atoms with van der Waals surface area (Å²) < 4.78 is 28.2. The summed E-state index contributed by atoms with van der Waals surface area (Å²) in [5.74, 6) is -2.59. The molecule has 0 saturated heterocycles. The molecule has 0 radical (unpaired) electrons. The van der Waals surface area contributed by atoms with Crippen LogP contribution in [0.3, 0.4) is 0 Å². The molecule has 1 fully saturated rings. The van der Waals surface area contributed by atoms with Crippen LogP contribution in [-0.2, 0) is 6.42 Å². The third kappa shape index (κ3) is 3.66. The Bertz CT molecular complexity index is 1510. The number of rotatable bonds is 5. The quantitative estimate of drug-likeness (QED) is 0.319. The van der Waals surface area contributed by atoms with Crippen LogP contribution in [0.1, 0.15) is 39.8 Å². The van der Waals surface area contributed by atoms with E-state index < -0.39 is 23.1 Å². The lowest BCUT2D eigenvalue weighted by Crippen LogP contribution is -2.19. The SMILES string of the molecule is C[C@@]12Cc3[nH]c(-c4ccnc(NC(=O)c5c(F)cccc5F)c4)c(Nc4ccccc4)c3C(=O)[C@@H]1C2. The average molecular weight is 485 g/mol. The Balaban J connectivity index is 1.39. The first-order valence-corrected chi connectivity index (χ1v) is 11.7. The maximum Gasteiger partial charge on any atom is 0.262 e. The van der Waals surface area contributed by atoms with Gasteiger partial charge in [-0.25, -0.2) is 13.8 Å². The van der Waals surface area contributed by atoms with E-state index in [9.17, 15) is 18.4 Å². The number of para-hydroxylation sites is 1. The summed E-state index contributed by atoms with van der Waals surface area (Å²) in [5, 5.41) is 5.88. The first-order valence-electron chi connectivity index (χ1n) is 11.7. The van der Waals surface area contributed by atoms with E-state index in [2.05, 4.69) is 27.5 Å². The van der Waals surface area contributed by atoms with Gasteiger partial charge in [0.2, 0.25) is 0 Å². The van der Waals surface area contributed by atoms with E-state index in [0.717, 1.165) is 36.4 Å². The van der Waals surface area contributed by atoms with Crippen LogP contribution < -0.4 is 10.6 Å². The van der Waals surface area contributed by atoms with Gasteiger partial charge in [-0.15, -0.1) is 0 Å². The van der Waals surface area contributed by atoms with Crippen molar-refractivity contribution in [2.45, 2.75) is 19.8 Å². The highest BCUT2D eigenvalue weighted by Crippen LogP contribution is 2.60. The molecule has 2 aromatic carbocycles. The molecule has 4 aromatic rings. The third-order valence-electron chi connectivity index (χ3n) is 7.10. The zero-order chi connectivity index (χ0) is 25.0. The number of H-pyrrole nitrogens is 1. The fourth-order valence-corrected chi connectivity index (χ4v) is 5.10. The van der Waals surface area contributed by atoms with Crippen molar-refractivity contribution in [2.24, 2.45) is 11.3 Å². The monoisotopic (exact) mass is 484 g/mol. The molecular formula is C28H22F2N4O2. The van der Waals surface area contributed by atoms with Crippen molar-refractivity contribution in [3.8, 4) is 11.3 Å². The Hall–Kier alpha value is -4.33. The number of halogens is 2. The first-order chi connectivity index (χ1) is 17.3. The summed E-state index contributed by atoms with van der Waals surface area (Å²) >= 11 is 0. The number of carbonyl (C=O) groups is 2. The zero-order valence-corrected chi connectivity index (χ0v) is 19.4. The second-order valence-electron chi connectivity index (χ2n) is 9.65. The molecule has 2 aliphatic rings. The number of fused-ring (bicyclic) bond motifs is 2. The standard InChI is InChI=1S/C28H22F2N4O2/c1-28-13-17(28)26(35)23-20(14-28)33-24(25(23)32-16-6-3-2-4-7-16)15-10-11-31-21(12-15)34-27(36)22-18(29)8-5-9-19(22)30/h2-12,17,32-33H,13-14H2,1H3,(H,31,34,36)/t17-,28+/m0/s1. The molecule has 0 aliphatic heterocycles. The van der Waals surface area contributed by atoms with Crippen molar-refractivity contribution < 1.29 is 18.4 Å². The molecule has 8 heteroatoms. The van der Waals surface area contributed by atoms with Gasteiger partial charge in [-0.05, 0) is 54.7 Å². The lowest BCUT2D eigenvalue weighted by atomic mass is 9.87. The van der Waals surface area contributed by atoms with E-state index in [1.807, 2.05) is 30.3 Å². The lowest BCUT2D eigenvalue weighted by molar-refractivity contribution is 0.0940. The number of anilines is 3. The summed E-state index contributed by atoms with van der Waals surface area (Å²) in [6.07, 6.45) is 3.14. The van der Waals surface area contributed by atoms with Gasteiger partial charge in [0.25, 0.3) is 5.91 Å². The maximum atomic E-state index is 14.1. The van der Waals surface area contributed by atoms with Crippen molar-refractivity contribution >= 4 is 28.9 Å². The van der Waals surface area contributed by atoms with Crippen LogP contribution >= 0.6 is 0 Å². The second kappa shape index (κ2) is 8.12. The van der Waals surface area contributed by atoms with Gasteiger partial charge in [0.05, 0.1) is 16.9 Å². The molecule has 6 nitrogen and oxygen atoms in total. The number of hydrogen-bond acceptors (Lipinski definition) is 4. The van der Waals surface area contributed by atoms with Crippen molar-refractivity contribution in [2.75, 3.05) is 10.6 Å². The number of Topliss-reactive ketones (excluding diaryl/α,β-unsaturated/α-hetero) is 1. The van der Waals surface area contributed by atoms with Crippen LogP contribution in [0.2, 0.25) is 0 Å². The predicted molar refractivity (Wildman–Crippen MR) is 132 cm³/mol. The number of amides is 1. The van der Waals surface area contributed by atoms with Crippen LogP contribution in [0.5, 0.6) is 0 Å². The topological polar surface area (TPSA) is 86.9 Å². The van der Waals surface area contributed by atoms with Crippen LogP contribution in [0.15, 0.2) is 66.9 Å². The van der Waals surface area contributed by atoms with Gasteiger partial charge < -0.3 is 15.6 Å². The first kappa shape index (κ1) is 22.2. The highest BCUT2D eigenvalue weighted by atomic mass is 19.1. The van der Waals surface area contributed by atoms with Gasteiger partial charge in [-0.2, -0.15) is 0 Å². The summed E-state index contributed by atoms with van der Waals surface area (Å²) in [6, 6.07) is 16.2. The fraction of sp³-hybridized carbons (Fsp3) is 0.179. The Morgan fingerprint density at radius 2 is 1.83 bits per heavy atom. The molecule has 2 aliphatic carbocycles. The molecular weight excluding hydrogens is 462 g/mol. The van der Waals surface area contributed by atoms with E-state index in [1.54, 1.807) is 12.1 Å². The number of aromatic nitrogens is 2. The van der Waals surface area contributed by atoms with Crippen molar-refractivity contribution in [3.05, 3.63) is 95.3 Å². The number of benzene rings is 2. The number of hydrogen-bond donors (Lipinski definition) is 3.